The van der Waals surface area contributed by atoms with E-state index in [0.29, 0.717) is 6.04 Å². The minimum atomic E-state index is 0. The fraction of sp³-hybridized carbons (Fsp3) is 0.611. The highest BCUT2D eigenvalue weighted by molar-refractivity contribution is 5.85. The van der Waals surface area contributed by atoms with E-state index in [0.717, 1.165) is 58.3 Å². The normalized spacial score (nSPS) is 22.5. The SMILES string of the molecule is Cl.O=C(NC1CCN(CCc2ccccc2)CC1)C1CCCN1. The Hall–Kier alpha value is -1.10. The molecule has 0 bridgehead atoms. The molecule has 128 valence electrons. The summed E-state index contributed by atoms with van der Waals surface area (Å²) in [6.45, 7) is 4.29. The van der Waals surface area contributed by atoms with Crippen molar-refractivity contribution in [3.63, 3.8) is 0 Å². The molecule has 1 amide bonds. The highest BCUT2D eigenvalue weighted by Crippen LogP contribution is 2.13. The largest absolute Gasteiger partial charge is 0.352 e. The molecule has 23 heavy (non-hydrogen) atoms. The van der Waals surface area contributed by atoms with Crippen LogP contribution in [0.4, 0.5) is 0 Å². The van der Waals surface area contributed by atoms with Crippen LogP contribution in [0.25, 0.3) is 0 Å². The second kappa shape index (κ2) is 9.26. The molecular formula is C18H28ClN3O. The number of piperidine rings is 1. The molecule has 2 saturated heterocycles. The number of carbonyl (C=O) groups is 1. The molecule has 4 nitrogen and oxygen atoms in total. The number of nitrogens with zero attached hydrogens (tertiary/aromatic N) is 1. The number of likely N-dealkylation sites (tertiary alicyclic amines) is 1. The van der Waals surface area contributed by atoms with Crippen LogP contribution in [0.2, 0.25) is 0 Å². The summed E-state index contributed by atoms with van der Waals surface area (Å²) in [5.74, 6) is 0.209. The molecule has 5 heteroatoms. The predicted octanol–water partition coefficient (Wildman–Crippen LogP) is 1.98. The lowest BCUT2D eigenvalue weighted by Gasteiger charge is -2.32. The van der Waals surface area contributed by atoms with E-state index in [-0.39, 0.29) is 24.4 Å². The zero-order valence-corrected chi connectivity index (χ0v) is 14.5. The third-order valence-electron chi connectivity index (χ3n) is 4.87. The third kappa shape index (κ3) is 5.48. The molecule has 0 radical (unpaired) electrons. The van der Waals surface area contributed by atoms with Gasteiger partial charge in [-0.25, -0.2) is 0 Å². The van der Waals surface area contributed by atoms with E-state index < -0.39 is 0 Å². The van der Waals surface area contributed by atoms with Gasteiger partial charge in [0.1, 0.15) is 0 Å². The van der Waals surface area contributed by atoms with Gasteiger partial charge in [0.2, 0.25) is 5.91 Å². The van der Waals surface area contributed by atoms with Crippen LogP contribution in [0.15, 0.2) is 30.3 Å². The fourth-order valence-electron chi connectivity index (χ4n) is 3.44. The van der Waals surface area contributed by atoms with Crippen molar-refractivity contribution in [1.29, 1.82) is 0 Å². The maximum Gasteiger partial charge on any atom is 0.237 e. The molecule has 2 N–H and O–H groups in total. The Balaban J connectivity index is 0.00000192. The highest BCUT2D eigenvalue weighted by atomic mass is 35.5. The van der Waals surface area contributed by atoms with E-state index in [1.54, 1.807) is 0 Å². The second-order valence-electron chi connectivity index (χ2n) is 6.51. The number of halogens is 1. The first-order chi connectivity index (χ1) is 10.8. The summed E-state index contributed by atoms with van der Waals surface area (Å²) in [4.78, 5) is 14.6. The van der Waals surface area contributed by atoms with Crippen molar-refractivity contribution < 1.29 is 4.79 Å². The molecule has 2 aliphatic rings. The number of nitrogens with one attached hydrogen (secondary N) is 2. The van der Waals surface area contributed by atoms with Crippen molar-refractivity contribution in [1.82, 2.24) is 15.5 Å². The molecule has 2 aliphatic heterocycles. The van der Waals surface area contributed by atoms with Gasteiger partial charge in [-0.05, 0) is 44.2 Å². The molecule has 2 heterocycles. The van der Waals surface area contributed by atoms with Gasteiger partial charge < -0.3 is 15.5 Å². The van der Waals surface area contributed by atoms with Gasteiger partial charge in [-0.3, -0.25) is 4.79 Å². The molecule has 2 fully saturated rings. The second-order valence-corrected chi connectivity index (χ2v) is 6.51. The summed E-state index contributed by atoms with van der Waals surface area (Å²) in [6.07, 6.45) is 5.38. The Morgan fingerprint density at radius 1 is 1.17 bits per heavy atom. The molecule has 1 unspecified atom stereocenters. The van der Waals surface area contributed by atoms with Crippen molar-refractivity contribution in [2.75, 3.05) is 26.2 Å². The number of hydrogen-bond acceptors (Lipinski definition) is 3. The molecule has 0 spiro atoms. The standard InChI is InChI=1S/C18H27N3O.ClH/c22-18(17-7-4-11-19-17)20-16-9-13-21(14-10-16)12-8-15-5-2-1-3-6-15;/h1-3,5-6,16-17,19H,4,7-14H2,(H,20,22);1H. The average molecular weight is 338 g/mol. The van der Waals surface area contributed by atoms with Gasteiger partial charge in [-0.15, -0.1) is 12.4 Å². The monoisotopic (exact) mass is 337 g/mol. The van der Waals surface area contributed by atoms with Crippen molar-refractivity contribution in [2.24, 2.45) is 0 Å². The molecular weight excluding hydrogens is 310 g/mol. The molecule has 0 aromatic heterocycles. The third-order valence-corrected chi connectivity index (χ3v) is 4.87. The van der Waals surface area contributed by atoms with Crippen LogP contribution in [0.1, 0.15) is 31.2 Å². The lowest BCUT2D eigenvalue weighted by Crippen LogP contribution is -2.49. The van der Waals surface area contributed by atoms with Crippen molar-refractivity contribution in [3.05, 3.63) is 35.9 Å². The zero-order chi connectivity index (χ0) is 15.2. The van der Waals surface area contributed by atoms with E-state index in [2.05, 4.69) is 45.9 Å². The maximum absolute atomic E-state index is 12.1. The van der Waals surface area contributed by atoms with Gasteiger partial charge in [0.15, 0.2) is 0 Å². The van der Waals surface area contributed by atoms with E-state index in [4.69, 9.17) is 0 Å². The number of rotatable bonds is 5. The predicted molar refractivity (Wildman–Crippen MR) is 96.0 cm³/mol. The molecule has 1 aromatic carbocycles. The van der Waals surface area contributed by atoms with Crippen LogP contribution in [0.5, 0.6) is 0 Å². The average Bonchev–Trinajstić information content (AvgIpc) is 3.10. The van der Waals surface area contributed by atoms with Gasteiger partial charge in [0.05, 0.1) is 6.04 Å². The molecule has 0 saturated carbocycles. The summed E-state index contributed by atoms with van der Waals surface area (Å²) in [5, 5.41) is 6.50. The quantitative estimate of drug-likeness (QED) is 0.863. The zero-order valence-electron chi connectivity index (χ0n) is 13.7. The Kier molecular flexibility index (Phi) is 7.34. The Morgan fingerprint density at radius 3 is 2.57 bits per heavy atom. The first kappa shape index (κ1) is 18.2. The molecule has 1 aromatic rings. The van der Waals surface area contributed by atoms with Crippen LogP contribution >= 0.6 is 12.4 Å². The minimum absolute atomic E-state index is 0. The Labute approximate surface area is 145 Å². The van der Waals surface area contributed by atoms with Gasteiger partial charge in [-0.2, -0.15) is 0 Å². The lowest BCUT2D eigenvalue weighted by atomic mass is 10.0. The first-order valence-corrected chi connectivity index (χ1v) is 8.61. The fourth-order valence-corrected chi connectivity index (χ4v) is 3.44. The van der Waals surface area contributed by atoms with Crippen LogP contribution in [-0.4, -0.2) is 49.1 Å². The Morgan fingerprint density at radius 2 is 1.91 bits per heavy atom. The number of carbonyl (C=O) groups excluding carboxylic acids is 1. The van der Waals surface area contributed by atoms with E-state index in [1.165, 1.54) is 5.56 Å². The van der Waals surface area contributed by atoms with Gasteiger partial charge in [-0.1, -0.05) is 30.3 Å². The van der Waals surface area contributed by atoms with Crippen molar-refractivity contribution in [3.8, 4) is 0 Å². The van der Waals surface area contributed by atoms with E-state index in [1.807, 2.05) is 0 Å². The van der Waals surface area contributed by atoms with Crippen molar-refractivity contribution in [2.45, 2.75) is 44.2 Å². The highest BCUT2D eigenvalue weighted by Gasteiger charge is 2.26. The van der Waals surface area contributed by atoms with Crippen molar-refractivity contribution >= 4 is 18.3 Å². The van der Waals surface area contributed by atoms with Crippen LogP contribution in [0.3, 0.4) is 0 Å². The summed E-state index contributed by atoms with van der Waals surface area (Å²) in [7, 11) is 0. The van der Waals surface area contributed by atoms with Gasteiger partial charge in [0, 0.05) is 25.7 Å². The number of hydrogen-bond donors (Lipinski definition) is 2. The lowest BCUT2D eigenvalue weighted by molar-refractivity contribution is -0.123. The molecule has 0 aliphatic carbocycles. The van der Waals surface area contributed by atoms with Gasteiger partial charge >= 0.3 is 0 Å². The minimum Gasteiger partial charge on any atom is -0.352 e. The van der Waals surface area contributed by atoms with E-state index in [9.17, 15) is 4.79 Å². The maximum atomic E-state index is 12.1. The van der Waals surface area contributed by atoms with E-state index >= 15 is 0 Å². The summed E-state index contributed by atoms with van der Waals surface area (Å²) < 4.78 is 0. The number of amides is 1. The molecule has 3 rings (SSSR count). The molecule has 1 atom stereocenters. The number of benzene rings is 1. The summed E-state index contributed by atoms with van der Waals surface area (Å²) in [5.41, 5.74) is 1.41. The smallest absolute Gasteiger partial charge is 0.237 e. The Bertz CT molecular complexity index is 468. The summed E-state index contributed by atoms with van der Waals surface area (Å²) >= 11 is 0. The first-order valence-electron chi connectivity index (χ1n) is 8.61. The van der Waals surface area contributed by atoms with Crippen LogP contribution < -0.4 is 10.6 Å². The van der Waals surface area contributed by atoms with Gasteiger partial charge in [0.25, 0.3) is 0 Å². The topological polar surface area (TPSA) is 44.4 Å². The van der Waals surface area contributed by atoms with Crippen LogP contribution in [0, 0.1) is 0 Å². The van der Waals surface area contributed by atoms with Crippen LogP contribution in [-0.2, 0) is 11.2 Å². The summed E-state index contributed by atoms with van der Waals surface area (Å²) in [6, 6.07) is 11.1.